The zero-order chi connectivity index (χ0) is 13.8. The highest BCUT2D eigenvalue weighted by Gasteiger charge is 2.29. The van der Waals surface area contributed by atoms with Gasteiger partial charge in [0.15, 0.2) is 0 Å². The number of carbonyl (C=O) groups is 1. The van der Waals surface area contributed by atoms with Crippen LogP contribution in [-0.2, 0) is 26.0 Å². The molecule has 1 aromatic carbocycles. The van der Waals surface area contributed by atoms with Crippen molar-refractivity contribution in [3.63, 3.8) is 0 Å². The number of hydrogen-bond donors (Lipinski definition) is 0. The Morgan fingerprint density at radius 1 is 1.42 bits per heavy atom. The van der Waals surface area contributed by atoms with Gasteiger partial charge in [-0.1, -0.05) is 12.1 Å². The Morgan fingerprint density at radius 3 is 2.63 bits per heavy atom. The summed E-state index contributed by atoms with van der Waals surface area (Å²) in [6.07, 6.45) is 0.920. The van der Waals surface area contributed by atoms with Crippen molar-refractivity contribution in [2.24, 2.45) is 0 Å². The minimum atomic E-state index is -0.937. The molecule has 0 radical (unpaired) electrons. The molecule has 1 aliphatic heterocycles. The third-order valence-corrected chi connectivity index (χ3v) is 5.24. The molecule has 104 valence electrons. The Morgan fingerprint density at radius 2 is 2.11 bits per heavy atom. The van der Waals surface area contributed by atoms with Gasteiger partial charge in [-0.15, -0.1) is 0 Å². The fourth-order valence-corrected chi connectivity index (χ4v) is 3.78. The molecule has 3 atom stereocenters. The van der Waals surface area contributed by atoms with Crippen LogP contribution in [0.4, 0.5) is 0 Å². The Balaban J connectivity index is 1.99. The molecule has 1 aliphatic rings. The van der Waals surface area contributed by atoms with E-state index in [0.29, 0.717) is 17.9 Å². The topological polar surface area (TPSA) is 52.6 Å². The number of hydrogen-bond acceptors (Lipinski definition) is 4. The number of methoxy groups -OCH3 is 1. The van der Waals surface area contributed by atoms with Gasteiger partial charge in [-0.05, 0) is 31.0 Å². The maximum Gasteiger partial charge on any atom is 0.337 e. The first-order valence-electron chi connectivity index (χ1n) is 6.28. The number of ether oxygens (including phenoxy) is 2. The second-order valence-corrected chi connectivity index (χ2v) is 6.27. The van der Waals surface area contributed by atoms with Gasteiger partial charge in [-0.25, -0.2) is 4.79 Å². The third-order valence-electron chi connectivity index (χ3n) is 3.33. The lowest BCUT2D eigenvalue weighted by Crippen LogP contribution is -2.24. The van der Waals surface area contributed by atoms with Crippen molar-refractivity contribution in [1.29, 1.82) is 0 Å². The van der Waals surface area contributed by atoms with Gasteiger partial charge in [0.05, 0.1) is 24.0 Å². The molecular weight excluding hydrogens is 264 g/mol. The molecule has 4 nitrogen and oxygen atoms in total. The van der Waals surface area contributed by atoms with Gasteiger partial charge in [0, 0.05) is 23.2 Å². The standard InChI is InChI=1S/C14H18O4S/c1-10-13(7-8-18-10)19(16)9-11-3-5-12(6-4-11)14(15)17-2/h3-6,10,13H,7-9H2,1-2H3. The van der Waals surface area contributed by atoms with Crippen LogP contribution in [0.25, 0.3) is 0 Å². The fourth-order valence-electron chi connectivity index (χ4n) is 2.18. The van der Waals surface area contributed by atoms with Crippen LogP contribution in [0.15, 0.2) is 24.3 Å². The van der Waals surface area contributed by atoms with Crippen LogP contribution in [0.2, 0.25) is 0 Å². The zero-order valence-corrected chi connectivity index (χ0v) is 11.9. The molecule has 19 heavy (non-hydrogen) atoms. The maximum atomic E-state index is 12.2. The molecule has 0 aliphatic carbocycles. The molecule has 0 spiro atoms. The summed E-state index contributed by atoms with van der Waals surface area (Å²) in [5.74, 6) is 0.144. The SMILES string of the molecule is COC(=O)c1ccc(CS(=O)C2CCOC2C)cc1. The van der Waals surface area contributed by atoms with Gasteiger partial charge >= 0.3 is 5.97 Å². The van der Waals surface area contributed by atoms with Gasteiger partial charge in [0.2, 0.25) is 0 Å². The molecule has 3 unspecified atom stereocenters. The first kappa shape index (κ1) is 14.2. The highest BCUT2D eigenvalue weighted by atomic mass is 32.2. The normalized spacial score (nSPS) is 24.1. The van der Waals surface area contributed by atoms with E-state index >= 15 is 0 Å². The first-order valence-corrected chi connectivity index (χ1v) is 7.66. The van der Waals surface area contributed by atoms with Crippen molar-refractivity contribution in [3.05, 3.63) is 35.4 Å². The molecule has 0 amide bonds. The maximum absolute atomic E-state index is 12.2. The minimum Gasteiger partial charge on any atom is -0.465 e. The van der Waals surface area contributed by atoms with Crippen molar-refractivity contribution in [2.45, 2.75) is 30.5 Å². The van der Waals surface area contributed by atoms with Crippen LogP contribution < -0.4 is 0 Å². The van der Waals surface area contributed by atoms with Gasteiger partial charge in [-0.3, -0.25) is 4.21 Å². The van der Waals surface area contributed by atoms with E-state index in [-0.39, 0.29) is 17.3 Å². The van der Waals surface area contributed by atoms with Gasteiger partial charge in [0.1, 0.15) is 0 Å². The van der Waals surface area contributed by atoms with Crippen molar-refractivity contribution < 1.29 is 18.5 Å². The molecule has 2 rings (SSSR count). The van der Waals surface area contributed by atoms with Crippen LogP contribution in [0.1, 0.15) is 29.3 Å². The van der Waals surface area contributed by atoms with Crippen molar-refractivity contribution in [3.8, 4) is 0 Å². The smallest absolute Gasteiger partial charge is 0.337 e. The summed E-state index contributed by atoms with van der Waals surface area (Å²) in [6, 6.07) is 7.05. The van der Waals surface area contributed by atoms with E-state index < -0.39 is 10.8 Å². The van der Waals surface area contributed by atoms with Gasteiger partial charge < -0.3 is 9.47 Å². The highest BCUT2D eigenvalue weighted by molar-refractivity contribution is 7.84. The third kappa shape index (κ3) is 3.42. The van der Waals surface area contributed by atoms with Gasteiger partial charge in [0.25, 0.3) is 0 Å². The molecule has 1 aromatic rings. The average Bonchev–Trinajstić information content (AvgIpc) is 2.85. The van der Waals surface area contributed by atoms with E-state index in [9.17, 15) is 9.00 Å². The summed E-state index contributed by atoms with van der Waals surface area (Å²) in [4.78, 5) is 11.3. The number of rotatable bonds is 4. The summed E-state index contributed by atoms with van der Waals surface area (Å²) in [5, 5.41) is 0.111. The Hall–Kier alpha value is -1.20. The van der Waals surface area contributed by atoms with E-state index in [1.54, 1.807) is 12.1 Å². The van der Waals surface area contributed by atoms with E-state index in [0.717, 1.165) is 12.0 Å². The van der Waals surface area contributed by atoms with Crippen molar-refractivity contribution in [1.82, 2.24) is 0 Å². The van der Waals surface area contributed by atoms with E-state index in [1.165, 1.54) is 7.11 Å². The van der Waals surface area contributed by atoms with Crippen LogP contribution in [0.5, 0.6) is 0 Å². The summed E-state index contributed by atoms with van der Waals surface area (Å²) in [7, 11) is 0.417. The second kappa shape index (κ2) is 6.30. The van der Waals surface area contributed by atoms with Crippen LogP contribution in [0.3, 0.4) is 0 Å². The van der Waals surface area contributed by atoms with Crippen LogP contribution in [-0.4, -0.2) is 35.2 Å². The van der Waals surface area contributed by atoms with Crippen LogP contribution >= 0.6 is 0 Å². The molecule has 5 heteroatoms. The Labute approximate surface area is 115 Å². The molecule has 0 aromatic heterocycles. The predicted molar refractivity (Wildman–Crippen MR) is 73.4 cm³/mol. The fraction of sp³-hybridized carbons (Fsp3) is 0.500. The summed E-state index contributed by atoms with van der Waals surface area (Å²) in [6.45, 7) is 2.66. The lowest BCUT2D eigenvalue weighted by Gasteiger charge is -2.13. The zero-order valence-electron chi connectivity index (χ0n) is 11.1. The molecular formula is C14H18O4S. The Kier molecular flexibility index (Phi) is 4.71. The summed E-state index contributed by atoms with van der Waals surface area (Å²) < 4.78 is 22.3. The van der Waals surface area contributed by atoms with Crippen molar-refractivity contribution in [2.75, 3.05) is 13.7 Å². The van der Waals surface area contributed by atoms with E-state index in [1.807, 2.05) is 19.1 Å². The van der Waals surface area contributed by atoms with Crippen LogP contribution in [0, 0.1) is 0 Å². The number of esters is 1. The lowest BCUT2D eigenvalue weighted by atomic mass is 10.1. The number of benzene rings is 1. The Bertz CT molecular complexity index is 469. The molecule has 1 saturated heterocycles. The summed E-state index contributed by atoms with van der Waals surface area (Å²) >= 11 is 0. The average molecular weight is 282 g/mol. The highest BCUT2D eigenvalue weighted by Crippen LogP contribution is 2.21. The largest absolute Gasteiger partial charge is 0.465 e. The van der Waals surface area contributed by atoms with Crippen molar-refractivity contribution >= 4 is 16.8 Å². The molecule has 0 bridgehead atoms. The lowest BCUT2D eigenvalue weighted by molar-refractivity contribution is 0.0600. The molecule has 0 N–H and O–H groups in total. The van der Waals surface area contributed by atoms with E-state index in [2.05, 4.69) is 4.74 Å². The number of carbonyl (C=O) groups excluding carboxylic acids is 1. The quantitative estimate of drug-likeness (QED) is 0.792. The summed E-state index contributed by atoms with van der Waals surface area (Å²) in [5.41, 5.74) is 1.47. The minimum absolute atomic E-state index is 0.0650. The monoisotopic (exact) mass is 282 g/mol. The molecule has 1 heterocycles. The molecule has 1 fully saturated rings. The predicted octanol–water partition coefficient (Wildman–Crippen LogP) is 1.90. The molecule has 0 saturated carbocycles. The van der Waals surface area contributed by atoms with E-state index in [4.69, 9.17) is 4.74 Å². The first-order chi connectivity index (χ1) is 9.11. The second-order valence-electron chi connectivity index (χ2n) is 4.62. The van der Waals surface area contributed by atoms with Gasteiger partial charge in [-0.2, -0.15) is 0 Å².